The van der Waals surface area contributed by atoms with Gasteiger partial charge in [0, 0.05) is 10.5 Å². The first-order valence-electron chi connectivity index (χ1n) is 5.37. The average molecular weight is 308 g/mol. The van der Waals surface area contributed by atoms with Gasteiger partial charge in [-0.1, -0.05) is 28.4 Å². The van der Waals surface area contributed by atoms with Crippen LogP contribution in [0.25, 0.3) is 0 Å². The lowest BCUT2D eigenvalue weighted by Gasteiger charge is -2.14. The van der Waals surface area contributed by atoms with E-state index in [2.05, 4.69) is 35.0 Å². The summed E-state index contributed by atoms with van der Waals surface area (Å²) >= 11 is 3.47. The number of hydrogen-bond acceptors (Lipinski definition) is 2. The first-order valence-corrected chi connectivity index (χ1v) is 6.16. The molecular formula is C12H20BrClN2. The summed E-state index contributed by atoms with van der Waals surface area (Å²) in [5.74, 6) is 0. The summed E-state index contributed by atoms with van der Waals surface area (Å²) in [6.45, 7) is 2.86. The van der Waals surface area contributed by atoms with Crippen LogP contribution in [0.3, 0.4) is 0 Å². The van der Waals surface area contributed by atoms with E-state index in [0.29, 0.717) is 0 Å². The second-order valence-electron chi connectivity index (χ2n) is 3.89. The first kappa shape index (κ1) is 15.9. The van der Waals surface area contributed by atoms with Gasteiger partial charge >= 0.3 is 0 Å². The molecule has 16 heavy (non-hydrogen) atoms. The Labute approximate surface area is 112 Å². The van der Waals surface area contributed by atoms with Crippen LogP contribution in [0.4, 0.5) is 0 Å². The van der Waals surface area contributed by atoms with Crippen molar-refractivity contribution < 1.29 is 0 Å². The van der Waals surface area contributed by atoms with Crippen LogP contribution in [0.1, 0.15) is 36.4 Å². The topological polar surface area (TPSA) is 52.0 Å². The van der Waals surface area contributed by atoms with Crippen LogP contribution in [-0.4, -0.2) is 6.54 Å². The summed E-state index contributed by atoms with van der Waals surface area (Å²) < 4.78 is 1.09. The molecular weight excluding hydrogens is 288 g/mol. The molecule has 4 heteroatoms. The standard InChI is InChI=1S/C12H19BrN2.ClH/c1-9-5-6-10(13)8-11(9)12(15)4-2-3-7-14;/h5-6,8,12H,2-4,7,14-15H2,1H3;1H/t12-;/m1./s1. The quantitative estimate of drug-likeness (QED) is 0.820. The lowest BCUT2D eigenvalue weighted by Crippen LogP contribution is -2.12. The molecule has 0 spiro atoms. The van der Waals surface area contributed by atoms with Gasteiger partial charge in [0.15, 0.2) is 0 Å². The van der Waals surface area contributed by atoms with Gasteiger partial charge in [-0.3, -0.25) is 0 Å². The molecule has 0 saturated carbocycles. The largest absolute Gasteiger partial charge is 0.330 e. The Hall–Kier alpha value is -0.0900. The average Bonchev–Trinajstić information content (AvgIpc) is 2.22. The van der Waals surface area contributed by atoms with Crippen molar-refractivity contribution in [3.05, 3.63) is 33.8 Å². The van der Waals surface area contributed by atoms with Crippen molar-refractivity contribution in [1.29, 1.82) is 0 Å². The third kappa shape index (κ3) is 4.83. The number of aryl methyl sites for hydroxylation is 1. The Bertz CT molecular complexity index is 318. The maximum absolute atomic E-state index is 6.14. The zero-order valence-corrected chi connectivity index (χ0v) is 12.0. The molecule has 0 aliphatic heterocycles. The maximum atomic E-state index is 6.14. The van der Waals surface area contributed by atoms with E-state index in [1.807, 2.05) is 6.07 Å². The minimum absolute atomic E-state index is 0. The van der Waals surface area contributed by atoms with Gasteiger partial charge in [0.1, 0.15) is 0 Å². The van der Waals surface area contributed by atoms with Crippen LogP contribution in [-0.2, 0) is 0 Å². The van der Waals surface area contributed by atoms with Crippen molar-refractivity contribution in [2.75, 3.05) is 6.54 Å². The molecule has 1 aromatic carbocycles. The summed E-state index contributed by atoms with van der Waals surface area (Å²) in [6, 6.07) is 6.39. The van der Waals surface area contributed by atoms with Gasteiger partial charge in [-0.05, 0) is 49.6 Å². The van der Waals surface area contributed by atoms with Gasteiger partial charge in [0.25, 0.3) is 0 Å². The molecule has 0 unspecified atom stereocenters. The molecule has 0 aromatic heterocycles. The van der Waals surface area contributed by atoms with Crippen LogP contribution >= 0.6 is 28.3 Å². The predicted molar refractivity (Wildman–Crippen MR) is 76.0 cm³/mol. The van der Waals surface area contributed by atoms with Gasteiger partial charge in [-0.2, -0.15) is 0 Å². The zero-order chi connectivity index (χ0) is 11.3. The minimum Gasteiger partial charge on any atom is -0.330 e. The highest BCUT2D eigenvalue weighted by Gasteiger charge is 2.08. The Balaban J connectivity index is 0.00000225. The molecule has 0 saturated heterocycles. The Kier molecular flexibility index (Phi) is 8.02. The fourth-order valence-corrected chi connectivity index (χ4v) is 2.05. The van der Waals surface area contributed by atoms with Crippen molar-refractivity contribution in [3.8, 4) is 0 Å². The van der Waals surface area contributed by atoms with Crippen molar-refractivity contribution in [1.82, 2.24) is 0 Å². The van der Waals surface area contributed by atoms with Crippen LogP contribution < -0.4 is 11.5 Å². The minimum atomic E-state index is 0. The number of benzene rings is 1. The van der Waals surface area contributed by atoms with Gasteiger partial charge < -0.3 is 11.5 Å². The smallest absolute Gasteiger partial charge is 0.0297 e. The second-order valence-corrected chi connectivity index (χ2v) is 4.81. The third-order valence-corrected chi connectivity index (χ3v) is 3.10. The summed E-state index contributed by atoms with van der Waals surface area (Å²) in [4.78, 5) is 0. The number of rotatable bonds is 5. The van der Waals surface area contributed by atoms with Crippen molar-refractivity contribution >= 4 is 28.3 Å². The normalized spacial score (nSPS) is 12.0. The van der Waals surface area contributed by atoms with Gasteiger partial charge in [0.05, 0.1) is 0 Å². The number of halogens is 2. The van der Waals surface area contributed by atoms with Crippen molar-refractivity contribution in [2.24, 2.45) is 11.5 Å². The third-order valence-electron chi connectivity index (χ3n) is 2.61. The van der Waals surface area contributed by atoms with Gasteiger partial charge in [-0.15, -0.1) is 12.4 Å². The maximum Gasteiger partial charge on any atom is 0.0297 e. The van der Waals surface area contributed by atoms with E-state index < -0.39 is 0 Å². The first-order chi connectivity index (χ1) is 7.15. The summed E-state index contributed by atoms with van der Waals surface area (Å²) in [7, 11) is 0. The van der Waals surface area contributed by atoms with Crippen LogP contribution in [0, 0.1) is 6.92 Å². The number of nitrogens with two attached hydrogens (primary N) is 2. The molecule has 1 rings (SSSR count). The molecule has 1 atom stereocenters. The SMILES string of the molecule is Cc1ccc(Br)cc1[C@H](N)CCCCN.Cl. The van der Waals surface area contributed by atoms with E-state index in [1.165, 1.54) is 11.1 Å². The molecule has 92 valence electrons. The van der Waals surface area contributed by atoms with E-state index in [1.54, 1.807) is 0 Å². The zero-order valence-electron chi connectivity index (χ0n) is 9.58. The molecule has 0 aliphatic rings. The Morgan fingerprint density at radius 1 is 1.31 bits per heavy atom. The highest BCUT2D eigenvalue weighted by Crippen LogP contribution is 2.23. The molecule has 4 N–H and O–H groups in total. The van der Waals surface area contributed by atoms with E-state index in [-0.39, 0.29) is 18.4 Å². The summed E-state index contributed by atoms with van der Waals surface area (Å²) in [6.07, 6.45) is 3.17. The molecule has 2 nitrogen and oxygen atoms in total. The summed E-state index contributed by atoms with van der Waals surface area (Å²) in [5.41, 5.74) is 14.1. The van der Waals surface area contributed by atoms with Crippen LogP contribution in [0.2, 0.25) is 0 Å². The van der Waals surface area contributed by atoms with Gasteiger partial charge in [-0.25, -0.2) is 0 Å². The van der Waals surface area contributed by atoms with Crippen molar-refractivity contribution in [2.45, 2.75) is 32.2 Å². The van der Waals surface area contributed by atoms with Crippen LogP contribution in [0.5, 0.6) is 0 Å². The van der Waals surface area contributed by atoms with E-state index in [0.717, 1.165) is 30.3 Å². The van der Waals surface area contributed by atoms with E-state index >= 15 is 0 Å². The monoisotopic (exact) mass is 306 g/mol. The Morgan fingerprint density at radius 3 is 2.62 bits per heavy atom. The highest BCUT2D eigenvalue weighted by atomic mass is 79.9. The second kappa shape index (κ2) is 8.07. The van der Waals surface area contributed by atoms with Crippen LogP contribution in [0.15, 0.2) is 22.7 Å². The molecule has 0 radical (unpaired) electrons. The number of hydrogen-bond donors (Lipinski definition) is 2. The van der Waals surface area contributed by atoms with E-state index in [9.17, 15) is 0 Å². The summed E-state index contributed by atoms with van der Waals surface area (Å²) in [5, 5.41) is 0. The Morgan fingerprint density at radius 2 is 2.00 bits per heavy atom. The fraction of sp³-hybridized carbons (Fsp3) is 0.500. The highest BCUT2D eigenvalue weighted by molar-refractivity contribution is 9.10. The lowest BCUT2D eigenvalue weighted by atomic mass is 9.98. The lowest BCUT2D eigenvalue weighted by molar-refractivity contribution is 0.588. The van der Waals surface area contributed by atoms with Gasteiger partial charge in [0.2, 0.25) is 0 Å². The molecule has 0 heterocycles. The predicted octanol–water partition coefficient (Wildman–Crippen LogP) is 3.31. The molecule has 0 fully saturated rings. The molecule has 0 aliphatic carbocycles. The molecule has 0 bridgehead atoms. The van der Waals surface area contributed by atoms with E-state index in [4.69, 9.17) is 11.5 Å². The molecule has 0 amide bonds. The van der Waals surface area contributed by atoms with Crippen molar-refractivity contribution in [3.63, 3.8) is 0 Å². The molecule has 1 aromatic rings. The number of unbranched alkanes of at least 4 members (excludes halogenated alkanes) is 1. The fourth-order valence-electron chi connectivity index (χ4n) is 1.67.